The highest BCUT2D eigenvalue weighted by molar-refractivity contribution is 5.50. The molecule has 1 rings (SSSR count). The van der Waals surface area contributed by atoms with Crippen molar-refractivity contribution in [2.24, 2.45) is 5.92 Å². The van der Waals surface area contributed by atoms with Crippen LogP contribution in [0.5, 0.6) is 0 Å². The van der Waals surface area contributed by atoms with Gasteiger partial charge < -0.3 is 10.8 Å². The summed E-state index contributed by atoms with van der Waals surface area (Å²) >= 11 is 0. The third kappa shape index (κ3) is 2.66. The fraction of sp³-hybridized carbons (Fsp3) is 0.455. The first-order chi connectivity index (χ1) is 7.23. The minimum atomic E-state index is -4.42. The van der Waals surface area contributed by atoms with Gasteiger partial charge >= 0.3 is 6.18 Å². The molecular weight excluding hydrogens is 219 g/mol. The van der Waals surface area contributed by atoms with Crippen molar-refractivity contribution in [2.45, 2.75) is 26.1 Å². The minimum Gasteiger partial charge on any atom is -0.398 e. The highest BCUT2D eigenvalue weighted by Crippen LogP contribution is 2.34. The molecule has 2 nitrogen and oxygen atoms in total. The summed E-state index contributed by atoms with van der Waals surface area (Å²) in [6, 6.07) is 2.98. The Kier molecular flexibility index (Phi) is 3.48. The molecule has 0 aliphatic rings. The van der Waals surface area contributed by atoms with Gasteiger partial charge in [-0.2, -0.15) is 13.2 Å². The first-order valence-electron chi connectivity index (χ1n) is 4.88. The topological polar surface area (TPSA) is 46.2 Å². The number of anilines is 1. The van der Waals surface area contributed by atoms with Gasteiger partial charge in [-0.1, -0.05) is 13.8 Å². The van der Waals surface area contributed by atoms with Gasteiger partial charge in [-0.05, 0) is 24.1 Å². The van der Waals surface area contributed by atoms with Gasteiger partial charge in [0.15, 0.2) is 0 Å². The summed E-state index contributed by atoms with van der Waals surface area (Å²) in [6.07, 6.45) is -5.40. The lowest BCUT2D eigenvalue weighted by Crippen LogP contribution is -2.12. The maximum absolute atomic E-state index is 12.4. The van der Waals surface area contributed by atoms with E-state index >= 15 is 0 Å². The smallest absolute Gasteiger partial charge is 0.398 e. The summed E-state index contributed by atoms with van der Waals surface area (Å²) in [5.41, 5.74) is 5.05. The van der Waals surface area contributed by atoms with E-state index in [4.69, 9.17) is 5.73 Å². The molecule has 1 aromatic carbocycles. The zero-order valence-electron chi connectivity index (χ0n) is 9.05. The second kappa shape index (κ2) is 4.33. The average Bonchev–Trinajstić information content (AvgIpc) is 2.15. The monoisotopic (exact) mass is 233 g/mol. The van der Waals surface area contributed by atoms with Crippen molar-refractivity contribution in [2.75, 3.05) is 5.73 Å². The van der Waals surface area contributed by atoms with Gasteiger partial charge in [0.05, 0.1) is 11.7 Å². The molecule has 0 saturated heterocycles. The molecule has 0 fully saturated rings. The molecule has 1 unspecified atom stereocenters. The van der Waals surface area contributed by atoms with E-state index in [1.54, 1.807) is 13.8 Å². The predicted octanol–water partition coefficient (Wildman–Crippen LogP) is 2.98. The number of aliphatic hydroxyl groups is 1. The molecule has 0 aliphatic heterocycles. The summed E-state index contributed by atoms with van der Waals surface area (Å²) < 4.78 is 37.3. The van der Waals surface area contributed by atoms with E-state index in [0.717, 1.165) is 12.1 Å². The van der Waals surface area contributed by atoms with Crippen LogP contribution in [0.3, 0.4) is 0 Å². The highest BCUT2D eigenvalue weighted by atomic mass is 19.4. The number of alkyl halides is 3. The van der Waals surface area contributed by atoms with Crippen LogP contribution in [0, 0.1) is 5.92 Å². The van der Waals surface area contributed by atoms with E-state index in [9.17, 15) is 18.3 Å². The molecule has 0 bridgehead atoms. The van der Waals surface area contributed by atoms with Gasteiger partial charge in [-0.15, -0.1) is 0 Å². The first kappa shape index (κ1) is 12.8. The standard InChI is InChI=1S/C11H14F3NO/c1-6(2)10(16)8-5-7(11(12,13)14)3-4-9(8)15/h3-6,10,16H,15H2,1-2H3. The number of benzene rings is 1. The largest absolute Gasteiger partial charge is 0.416 e. The van der Waals surface area contributed by atoms with Gasteiger partial charge in [0.2, 0.25) is 0 Å². The van der Waals surface area contributed by atoms with Crippen LogP contribution in [0.15, 0.2) is 18.2 Å². The molecule has 0 aromatic heterocycles. The van der Waals surface area contributed by atoms with Crippen LogP contribution in [0.4, 0.5) is 18.9 Å². The summed E-state index contributed by atoms with van der Waals surface area (Å²) in [6.45, 7) is 3.43. The Morgan fingerprint density at radius 3 is 2.25 bits per heavy atom. The van der Waals surface area contributed by atoms with Crippen molar-refractivity contribution in [1.29, 1.82) is 0 Å². The predicted molar refractivity (Wildman–Crippen MR) is 55.7 cm³/mol. The number of nitrogens with two attached hydrogens (primary N) is 1. The lowest BCUT2D eigenvalue weighted by molar-refractivity contribution is -0.137. The van der Waals surface area contributed by atoms with E-state index in [2.05, 4.69) is 0 Å². The number of rotatable bonds is 2. The second-order valence-corrected chi connectivity index (χ2v) is 4.03. The van der Waals surface area contributed by atoms with Crippen LogP contribution in [0.1, 0.15) is 31.1 Å². The van der Waals surface area contributed by atoms with Crippen LogP contribution in [0.25, 0.3) is 0 Å². The summed E-state index contributed by atoms with van der Waals surface area (Å²) in [5.74, 6) is -0.189. The first-order valence-corrected chi connectivity index (χ1v) is 4.88. The molecule has 5 heteroatoms. The molecule has 0 amide bonds. The fourth-order valence-corrected chi connectivity index (χ4v) is 1.37. The van der Waals surface area contributed by atoms with E-state index in [-0.39, 0.29) is 17.2 Å². The average molecular weight is 233 g/mol. The molecule has 0 spiro atoms. The number of hydrogen-bond donors (Lipinski definition) is 2. The second-order valence-electron chi connectivity index (χ2n) is 4.03. The molecule has 90 valence electrons. The van der Waals surface area contributed by atoms with Crippen molar-refractivity contribution in [3.63, 3.8) is 0 Å². The molecule has 0 heterocycles. The highest BCUT2D eigenvalue weighted by Gasteiger charge is 2.31. The SMILES string of the molecule is CC(C)C(O)c1cc(C(F)(F)F)ccc1N. The Balaban J connectivity index is 3.19. The molecule has 0 radical (unpaired) electrons. The molecular formula is C11H14F3NO. The molecule has 0 aliphatic carbocycles. The quantitative estimate of drug-likeness (QED) is 0.771. The van der Waals surface area contributed by atoms with Gasteiger partial charge in [0.25, 0.3) is 0 Å². The zero-order chi connectivity index (χ0) is 12.5. The lowest BCUT2D eigenvalue weighted by atomic mass is 9.96. The minimum absolute atomic E-state index is 0.129. The van der Waals surface area contributed by atoms with Crippen molar-refractivity contribution in [3.05, 3.63) is 29.3 Å². The third-order valence-corrected chi connectivity index (χ3v) is 2.36. The Bertz CT molecular complexity index is 374. The molecule has 3 N–H and O–H groups in total. The molecule has 1 aromatic rings. The van der Waals surface area contributed by atoms with E-state index in [0.29, 0.717) is 0 Å². The van der Waals surface area contributed by atoms with Crippen molar-refractivity contribution in [1.82, 2.24) is 0 Å². The van der Waals surface area contributed by atoms with E-state index in [1.807, 2.05) is 0 Å². The summed E-state index contributed by atoms with van der Waals surface area (Å²) in [4.78, 5) is 0. The van der Waals surface area contributed by atoms with E-state index < -0.39 is 17.8 Å². The van der Waals surface area contributed by atoms with Crippen molar-refractivity contribution >= 4 is 5.69 Å². The number of aliphatic hydroxyl groups excluding tert-OH is 1. The van der Waals surface area contributed by atoms with Crippen molar-refractivity contribution < 1.29 is 18.3 Å². The fourth-order valence-electron chi connectivity index (χ4n) is 1.37. The van der Waals surface area contributed by atoms with Crippen LogP contribution in [-0.4, -0.2) is 5.11 Å². The maximum atomic E-state index is 12.4. The van der Waals surface area contributed by atoms with Gasteiger partial charge in [0, 0.05) is 11.3 Å². The summed E-state index contributed by atoms with van der Waals surface area (Å²) in [7, 11) is 0. The Labute approximate surface area is 91.9 Å². The number of hydrogen-bond acceptors (Lipinski definition) is 2. The van der Waals surface area contributed by atoms with Gasteiger partial charge in [0.1, 0.15) is 0 Å². The maximum Gasteiger partial charge on any atom is 0.416 e. The number of nitrogen functional groups attached to an aromatic ring is 1. The van der Waals surface area contributed by atoms with Crippen LogP contribution in [-0.2, 0) is 6.18 Å². The van der Waals surface area contributed by atoms with Crippen LogP contribution in [0.2, 0.25) is 0 Å². The lowest BCUT2D eigenvalue weighted by Gasteiger charge is -2.18. The summed E-state index contributed by atoms with van der Waals surface area (Å²) in [5, 5.41) is 9.72. The Hall–Kier alpha value is -1.23. The zero-order valence-corrected chi connectivity index (χ0v) is 9.05. The van der Waals surface area contributed by atoms with Gasteiger partial charge in [-0.25, -0.2) is 0 Å². The van der Waals surface area contributed by atoms with Crippen LogP contribution < -0.4 is 5.73 Å². The molecule has 1 atom stereocenters. The van der Waals surface area contributed by atoms with Gasteiger partial charge in [-0.3, -0.25) is 0 Å². The number of halogens is 3. The van der Waals surface area contributed by atoms with Crippen LogP contribution >= 0.6 is 0 Å². The van der Waals surface area contributed by atoms with Crippen molar-refractivity contribution in [3.8, 4) is 0 Å². The normalized spacial score (nSPS) is 14.2. The third-order valence-electron chi connectivity index (χ3n) is 2.36. The van der Waals surface area contributed by atoms with E-state index in [1.165, 1.54) is 6.07 Å². The Morgan fingerprint density at radius 1 is 1.25 bits per heavy atom. The molecule has 16 heavy (non-hydrogen) atoms. The molecule has 0 saturated carbocycles. The Morgan fingerprint density at radius 2 is 1.81 bits per heavy atom.